The molecule has 1 aliphatic rings. The molecule has 7 nitrogen and oxygen atoms in total. The molecule has 0 aromatic heterocycles. The van der Waals surface area contributed by atoms with Crippen LogP contribution in [0.2, 0.25) is 0 Å². The van der Waals surface area contributed by atoms with Crippen LogP contribution in [-0.2, 0) is 19.6 Å². The number of nitrogens with one attached hydrogen (secondary N) is 2. The second-order valence-electron chi connectivity index (χ2n) is 7.67. The minimum atomic E-state index is -3.33. The highest BCUT2D eigenvalue weighted by molar-refractivity contribution is 7.90. The van der Waals surface area contributed by atoms with Crippen molar-refractivity contribution in [2.75, 3.05) is 43.1 Å². The number of amides is 1. The van der Waals surface area contributed by atoms with E-state index in [2.05, 4.69) is 14.9 Å². The summed E-state index contributed by atoms with van der Waals surface area (Å²) in [5.41, 5.74) is 1.85. The lowest BCUT2D eigenvalue weighted by Crippen LogP contribution is -2.39. The van der Waals surface area contributed by atoms with E-state index in [-0.39, 0.29) is 5.91 Å². The van der Waals surface area contributed by atoms with Crippen molar-refractivity contribution in [2.24, 2.45) is 0 Å². The summed E-state index contributed by atoms with van der Waals surface area (Å²) in [5, 5.41) is 2.92. The Kier molecular flexibility index (Phi) is 7.64. The van der Waals surface area contributed by atoms with Crippen LogP contribution in [0, 0.1) is 0 Å². The van der Waals surface area contributed by atoms with Gasteiger partial charge < -0.3 is 15.0 Å². The fourth-order valence-electron chi connectivity index (χ4n) is 2.66. The number of nitrogens with zero attached hydrogens (tertiary/aromatic N) is 1. The van der Waals surface area contributed by atoms with Crippen molar-refractivity contribution in [3.05, 3.63) is 24.3 Å². The van der Waals surface area contributed by atoms with Gasteiger partial charge in [-0.3, -0.25) is 4.79 Å². The summed E-state index contributed by atoms with van der Waals surface area (Å²) < 4.78 is 31.0. The van der Waals surface area contributed by atoms with Gasteiger partial charge in [0.15, 0.2) is 0 Å². The van der Waals surface area contributed by atoms with E-state index in [0.29, 0.717) is 25.8 Å². The molecule has 0 atom stereocenters. The fourth-order valence-corrected chi connectivity index (χ4v) is 3.51. The number of unbranched alkanes of at least 4 members (excludes halogenated alkanes) is 1. The lowest BCUT2D eigenvalue weighted by Gasteiger charge is -2.29. The molecule has 1 aromatic rings. The van der Waals surface area contributed by atoms with Gasteiger partial charge in [-0.05, 0) is 51.8 Å². The Morgan fingerprint density at radius 3 is 2.56 bits per heavy atom. The second kappa shape index (κ2) is 9.52. The summed E-state index contributed by atoms with van der Waals surface area (Å²) in [4.78, 5) is 14.4. The number of benzene rings is 1. The van der Waals surface area contributed by atoms with Gasteiger partial charge in [-0.2, -0.15) is 0 Å². The third-order valence-corrected chi connectivity index (χ3v) is 6.63. The van der Waals surface area contributed by atoms with Crippen LogP contribution >= 0.6 is 0 Å². The van der Waals surface area contributed by atoms with E-state index in [1.165, 1.54) is 0 Å². The van der Waals surface area contributed by atoms with Crippen LogP contribution in [-0.4, -0.2) is 51.9 Å². The number of sulfonamides is 1. The minimum Gasteiger partial charge on any atom is -0.378 e. The largest absolute Gasteiger partial charge is 0.378 e. The van der Waals surface area contributed by atoms with Gasteiger partial charge in [-0.1, -0.05) is 6.07 Å². The standard InChI is InChI=1S/C19H31N3O4S/c1-19(2,3)27(24,25)20-10-5-4-9-18(23)21-16-7-6-8-17(15-16)22-11-13-26-14-12-22/h6-8,15,20H,4-5,9-14H2,1-3H3,(H,21,23). The van der Waals surface area contributed by atoms with Crippen LogP contribution in [0.15, 0.2) is 24.3 Å². The Morgan fingerprint density at radius 2 is 1.89 bits per heavy atom. The first-order chi connectivity index (χ1) is 12.7. The average molecular weight is 398 g/mol. The number of carbonyl (C=O) groups is 1. The summed E-state index contributed by atoms with van der Waals surface area (Å²) >= 11 is 0. The highest BCUT2D eigenvalue weighted by atomic mass is 32.2. The van der Waals surface area contributed by atoms with Gasteiger partial charge in [-0.15, -0.1) is 0 Å². The number of ether oxygens (including phenoxy) is 1. The van der Waals surface area contributed by atoms with E-state index in [0.717, 1.165) is 37.7 Å². The van der Waals surface area contributed by atoms with E-state index in [1.807, 2.05) is 24.3 Å². The predicted octanol–water partition coefficient (Wildman–Crippen LogP) is 2.35. The Labute approximate surface area is 162 Å². The molecular formula is C19H31N3O4S. The van der Waals surface area contributed by atoms with Gasteiger partial charge in [0.1, 0.15) is 0 Å². The van der Waals surface area contributed by atoms with Crippen LogP contribution in [0.4, 0.5) is 11.4 Å². The molecule has 1 heterocycles. The predicted molar refractivity (Wildman–Crippen MR) is 109 cm³/mol. The van der Waals surface area contributed by atoms with E-state index in [9.17, 15) is 13.2 Å². The smallest absolute Gasteiger partial charge is 0.224 e. The monoisotopic (exact) mass is 397 g/mol. The molecule has 0 bridgehead atoms. The van der Waals surface area contributed by atoms with Crippen LogP contribution < -0.4 is 14.9 Å². The van der Waals surface area contributed by atoms with Crippen molar-refractivity contribution >= 4 is 27.3 Å². The third-order valence-electron chi connectivity index (χ3n) is 4.44. The number of rotatable bonds is 8. The lowest BCUT2D eigenvalue weighted by molar-refractivity contribution is -0.116. The molecule has 8 heteroatoms. The van der Waals surface area contributed by atoms with Crippen LogP contribution in [0.3, 0.4) is 0 Å². The first kappa shape index (κ1) is 21.7. The van der Waals surface area contributed by atoms with Crippen molar-refractivity contribution in [2.45, 2.75) is 44.8 Å². The number of morpholine rings is 1. The van der Waals surface area contributed by atoms with Gasteiger partial charge in [-0.25, -0.2) is 13.1 Å². The molecule has 152 valence electrons. The van der Waals surface area contributed by atoms with Gasteiger partial charge >= 0.3 is 0 Å². The van der Waals surface area contributed by atoms with Gasteiger partial charge in [0.05, 0.1) is 18.0 Å². The molecule has 2 rings (SSSR count). The zero-order chi connectivity index (χ0) is 19.9. The molecule has 1 amide bonds. The Balaban J connectivity index is 1.73. The number of hydrogen-bond acceptors (Lipinski definition) is 5. The van der Waals surface area contributed by atoms with E-state index < -0.39 is 14.8 Å². The number of anilines is 2. The summed E-state index contributed by atoms with van der Waals surface area (Å²) in [6.07, 6.45) is 1.61. The summed E-state index contributed by atoms with van der Waals surface area (Å²) in [7, 11) is -3.33. The van der Waals surface area contributed by atoms with Crippen molar-refractivity contribution in [1.82, 2.24) is 4.72 Å². The zero-order valence-electron chi connectivity index (χ0n) is 16.5. The van der Waals surface area contributed by atoms with Crippen molar-refractivity contribution in [3.8, 4) is 0 Å². The fraction of sp³-hybridized carbons (Fsp3) is 0.632. The number of hydrogen-bond donors (Lipinski definition) is 2. The zero-order valence-corrected chi connectivity index (χ0v) is 17.3. The molecule has 2 N–H and O–H groups in total. The van der Waals surface area contributed by atoms with Crippen molar-refractivity contribution in [3.63, 3.8) is 0 Å². The highest BCUT2D eigenvalue weighted by Gasteiger charge is 2.27. The van der Waals surface area contributed by atoms with Crippen LogP contribution in [0.1, 0.15) is 40.0 Å². The van der Waals surface area contributed by atoms with E-state index in [1.54, 1.807) is 20.8 Å². The normalized spacial score (nSPS) is 15.6. The maximum atomic E-state index is 12.1. The van der Waals surface area contributed by atoms with Gasteiger partial charge in [0, 0.05) is 37.4 Å². The Hall–Kier alpha value is -1.64. The SMILES string of the molecule is CC(C)(C)S(=O)(=O)NCCCCC(=O)Nc1cccc(N2CCOCC2)c1. The molecule has 0 saturated carbocycles. The summed E-state index contributed by atoms with van der Waals surface area (Å²) in [6, 6.07) is 7.81. The first-order valence-corrected chi connectivity index (χ1v) is 10.9. The van der Waals surface area contributed by atoms with Crippen LogP contribution in [0.25, 0.3) is 0 Å². The molecule has 0 spiro atoms. The molecular weight excluding hydrogens is 366 g/mol. The topological polar surface area (TPSA) is 87.7 Å². The minimum absolute atomic E-state index is 0.0622. The summed E-state index contributed by atoms with van der Waals surface area (Å²) in [5.74, 6) is -0.0622. The Bertz CT molecular complexity index is 723. The molecule has 1 aromatic carbocycles. The first-order valence-electron chi connectivity index (χ1n) is 9.41. The molecule has 0 radical (unpaired) electrons. The highest BCUT2D eigenvalue weighted by Crippen LogP contribution is 2.20. The Morgan fingerprint density at radius 1 is 1.19 bits per heavy atom. The average Bonchev–Trinajstić information content (AvgIpc) is 2.61. The number of carbonyl (C=O) groups excluding carboxylic acids is 1. The molecule has 1 saturated heterocycles. The summed E-state index contributed by atoms with van der Waals surface area (Å²) in [6.45, 7) is 8.46. The van der Waals surface area contributed by atoms with E-state index >= 15 is 0 Å². The molecule has 27 heavy (non-hydrogen) atoms. The lowest BCUT2D eigenvalue weighted by atomic mass is 10.2. The maximum Gasteiger partial charge on any atom is 0.224 e. The van der Waals surface area contributed by atoms with Gasteiger partial charge in [0.2, 0.25) is 15.9 Å². The van der Waals surface area contributed by atoms with Gasteiger partial charge in [0.25, 0.3) is 0 Å². The van der Waals surface area contributed by atoms with Crippen molar-refractivity contribution < 1.29 is 17.9 Å². The molecule has 1 aliphatic heterocycles. The van der Waals surface area contributed by atoms with Crippen LogP contribution in [0.5, 0.6) is 0 Å². The maximum absolute atomic E-state index is 12.1. The van der Waals surface area contributed by atoms with E-state index in [4.69, 9.17) is 4.74 Å². The molecule has 0 unspecified atom stereocenters. The molecule has 0 aliphatic carbocycles. The molecule has 1 fully saturated rings. The van der Waals surface area contributed by atoms with Crippen molar-refractivity contribution in [1.29, 1.82) is 0 Å². The second-order valence-corrected chi connectivity index (χ2v) is 10.2. The quantitative estimate of drug-likeness (QED) is 0.658. The third kappa shape index (κ3) is 6.79.